The summed E-state index contributed by atoms with van der Waals surface area (Å²) in [5.74, 6) is 2.06. The molecule has 2 aromatic carbocycles. The monoisotopic (exact) mass is 476 g/mol. The van der Waals surface area contributed by atoms with E-state index in [1.54, 1.807) is 36.5 Å². The third-order valence-corrected chi connectivity index (χ3v) is 5.93. The predicted octanol–water partition coefficient (Wildman–Crippen LogP) is 5.69. The zero-order chi connectivity index (χ0) is 23.7. The quantitative estimate of drug-likeness (QED) is 0.384. The number of carbonyl (C=O) groups excluding carboxylic acids is 1. The second-order valence-corrected chi connectivity index (χ2v) is 8.19. The summed E-state index contributed by atoms with van der Waals surface area (Å²) in [6.45, 7) is 2.12. The molecule has 1 aliphatic heterocycles. The topological polar surface area (TPSA) is 93.6 Å². The van der Waals surface area contributed by atoms with Gasteiger partial charge in [0.1, 0.15) is 11.5 Å². The van der Waals surface area contributed by atoms with Gasteiger partial charge < -0.3 is 19.0 Å². The minimum atomic E-state index is -0.519. The fourth-order valence-electron chi connectivity index (χ4n) is 3.93. The van der Waals surface area contributed by atoms with Crippen LogP contribution in [0.15, 0.2) is 81.6 Å². The van der Waals surface area contributed by atoms with Crippen molar-refractivity contribution >= 4 is 23.2 Å². The van der Waals surface area contributed by atoms with Crippen molar-refractivity contribution in [3.8, 4) is 17.1 Å². The first kappa shape index (κ1) is 21.8. The molecule has 1 unspecified atom stereocenters. The summed E-state index contributed by atoms with van der Waals surface area (Å²) in [6.07, 6.45) is 1.58. The van der Waals surface area contributed by atoms with Gasteiger partial charge in [-0.3, -0.25) is 4.90 Å². The van der Waals surface area contributed by atoms with E-state index in [-0.39, 0.29) is 12.6 Å². The number of rotatable bonds is 6. The van der Waals surface area contributed by atoms with E-state index in [1.807, 2.05) is 49.4 Å². The lowest BCUT2D eigenvalue weighted by molar-refractivity contribution is 0.199. The molecule has 1 N–H and O–H groups in total. The maximum atomic E-state index is 13.1. The molecule has 34 heavy (non-hydrogen) atoms. The van der Waals surface area contributed by atoms with Gasteiger partial charge in [-0.05, 0) is 61.0 Å². The Morgan fingerprint density at radius 2 is 1.97 bits per heavy atom. The van der Waals surface area contributed by atoms with E-state index in [4.69, 9.17) is 25.3 Å². The number of nitrogens with zero attached hydrogens (tertiary/aromatic N) is 3. The number of hydrogen-bond donors (Lipinski definition) is 1. The standard InChI is InChI=1S/C25H21ClN4O4/c1-15-21(24-28-23(29-34-24)16-8-10-18(26)11-9-16)22(17-5-3-6-19(13-17)32-2)27-25(31)30(15)14-20-7-4-12-33-20/h3-13,22H,14H2,1-2H3,(H,27,31). The van der Waals surface area contributed by atoms with Crippen molar-refractivity contribution in [1.82, 2.24) is 20.4 Å². The summed E-state index contributed by atoms with van der Waals surface area (Å²) in [6, 6.07) is 17.5. The van der Waals surface area contributed by atoms with E-state index in [0.29, 0.717) is 39.5 Å². The van der Waals surface area contributed by atoms with Crippen molar-refractivity contribution in [2.75, 3.05) is 7.11 Å². The fourth-order valence-corrected chi connectivity index (χ4v) is 4.05. The van der Waals surface area contributed by atoms with Gasteiger partial charge >= 0.3 is 6.03 Å². The maximum absolute atomic E-state index is 13.1. The maximum Gasteiger partial charge on any atom is 0.322 e. The fraction of sp³-hybridized carbons (Fsp3) is 0.160. The van der Waals surface area contributed by atoms with E-state index in [9.17, 15) is 4.79 Å². The van der Waals surface area contributed by atoms with Crippen LogP contribution in [0.2, 0.25) is 5.02 Å². The summed E-state index contributed by atoms with van der Waals surface area (Å²) in [7, 11) is 1.60. The Balaban J connectivity index is 1.60. The number of halogens is 1. The molecule has 5 rings (SSSR count). The highest BCUT2D eigenvalue weighted by molar-refractivity contribution is 6.30. The molecule has 0 fully saturated rings. The number of carbonyl (C=O) groups is 1. The molecule has 0 radical (unpaired) electrons. The summed E-state index contributed by atoms with van der Waals surface area (Å²) >= 11 is 6.01. The molecule has 0 bridgehead atoms. The van der Waals surface area contributed by atoms with Gasteiger partial charge in [-0.2, -0.15) is 4.98 Å². The lowest BCUT2D eigenvalue weighted by atomic mass is 9.94. The molecular weight excluding hydrogens is 456 g/mol. The molecule has 1 atom stereocenters. The molecule has 2 amide bonds. The van der Waals surface area contributed by atoms with Crippen LogP contribution >= 0.6 is 11.6 Å². The Morgan fingerprint density at radius 3 is 2.71 bits per heavy atom. The Kier molecular flexibility index (Phi) is 5.81. The number of furan rings is 1. The van der Waals surface area contributed by atoms with E-state index in [2.05, 4.69) is 15.5 Å². The number of allylic oxidation sites excluding steroid dienone is 1. The minimum absolute atomic E-state index is 0.261. The van der Waals surface area contributed by atoms with E-state index >= 15 is 0 Å². The van der Waals surface area contributed by atoms with Gasteiger partial charge in [-0.15, -0.1) is 0 Å². The van der Waals surface area contributed by atoms with Gasteiger partial charge in [0.15, 0.2) is 0 Å². The van der Waals surface area contributed by atoms with Gasteiger partial charge in [-0.1, -0.05) is 28.9 Å². The summed E-state index contributed by atoms with van der Waals surface area (Å²) in [5, 5.41) is 7.86. The number of hydrogen-bond acceptors (Lipinski definition) is 6. The number of ether oxygens (including phenoxy) is 1. The molecule has 0 spiro atoms. The lowest BCUT2D eigenvalue weighted by Crippen LogP contribution is -2.45. The van der Waals surface area contributed by atoms with Gasteiger partial charge in [0.2, 0.25) is 5.82 Å². The van der Waals surface area contributed by atoms with Crippen LogP contribution in [0.4, 0.5) is 4.79 Å². The van der Waals surface area contributed by atoms with E-state index in [0.717, 1.165) is 11.1 Å². The summed E-state index contributed by atoms with van der Waals surface area (Å²) in [4.78, 5) is 19.4. The van der Waals surface area contributed by atoms with E-state index in [1.165, 1.54) is 0 Å². The molecule has 9 heteroatoms. The lowest BCUT2D eigenvalue weighted by Gasteiger charge is -2.34. The largest absolute Gasteiger partial charge is 0.497 e. The van der Waals surface area contributed by atoms with Crippen LogP contribution in [-0.2, 0) is 6.54 Å². The van der Waals surface area contributed by atoms with Crippen molar-refractivity contribution in [2.45, 2.75) is 19.5 Å². The zero-order valence-corrected chi connectivity index (χ0v) is 19.2. The molecule has 8 nitrogen and oxygen atoms in total. The average Bonchev–Trinajstić information content (AvgIpc) is 3.54. The first-order valence-corrected chi connectivity index (χ1v) is 11.0. The first-order valence-electron chi connectivity index (χ1n) is 10.6. The molecule has 0 saturated heterocycles. The number of methoxy groups -OCH3 is 1. The second-order valence-electron chi connectivity index (χ2n) is 7.75. The van der Waals surface area contributed by atoms with Crippen LogP contribution in [0.5, 0.6) is 5.75 Å². The predicted molar refractivity (Wildman–Crippen MR) is 126 cm³/mol. The normalized spacial score (nSPS) is 16.0. The number of benzene rings is 2. The second kappa shape index (κ2) is 9.07. The number of amides is 2. The number of nitrogens with one attached hydrogen (secondary N) is 1. The van der Waals surface area contributed by atoms with Crippen molar-refractivity contribution in [3.05, 3.63) is 94.9 Å². The van der Waals surface area contributed by atoms with Crippen molar-refractivity contribution in [3.63, 3.8) is 0 Å². The molecule has 3 heterocycles. The Morgan fingerprint density at radius 1 is 1.15 bits per heavy atom. The van der Waals surface area contributed by atoms with Crippen LogP contribution in [0, 0.1) is 0 Å². The van der Waals surface area contributed by atoms with Crippen LogP contribution in [0.3, 0.4) is 0 Å². The number of urea groups is 1. The van der Waals surface area contributed by atoms with Crippen molar-refractivity contribution in [2.24, 2.45) is 0 Å². The molecule has 0 aliphatic carbocycles. The zero-order valence-electron chi connectivity index (χ0n) is 18.5. The summed E-state index contributed by atoms with van der Waals surface area (Å²) < 4.78 is 16.6. The first-order chi connectivity index (χ1) is 16.5. The highest BCUT2D eigenvalue weighted by atomic mass is 35.5. The smallest absolute Gasteiger partial charge is 0.322 e. The molecule has 172 valence electrons. The van der Waals surface area contributed by atoms with Crippen LogP contribution in [0.25, 0.3) is 17.0 Å². The minimum Gasteiger partial charge on any atom is -0.497 e. The summed E-state index contributed by atoms with van der Waals surface area (Å²) in [5.41, 5.74) is 2.96. The molecule has 2 aromatic heterocycles. The van der Waals surface area contributed by atoms with Crippen molar-refractivity contribution < 1.29 is 18.5 Å². The third kappa shape index (κ3) is 4.15. The SMILES string of the molecule is COc1cccc(C2NC(=O)N(Cc3ccco3)C(C)=C2c2nc(-c3ccc(Cl)cc3)no2)c1. The van der Waals surface area contributed by atoms with Gasteiger partial charge in [0.25, 0.3) is 5.89 Å². The van der Waals surface area contributed by atoms with Crippen LogP contribution in [-0.4, -0.2) is 28.2 Å². The Labute approximate surface area is 200 Å². The molecule has 4 aromatic rings. The highest BCUT2D eigenvalue weighted by Crippen LogP contribution is 2.38. The van der Waals surface area contributed by atoms with Gasteiger partial charge in [0.05, 0.1) is 31.5 Å². The van der Waals surface area contributed by atoms with Crippen molar-refractivity contribution in [1.29, 1.82) is 0 Å². The Hall–Kier alpha value is -4.04. The average molecular weight is 477 g/mol. The Bertz CT molecular complexity index is 1350. The number of aromatic nitrogens is 2. The van der Waals surface area contributed by atoms with Gasteiger partial charge in [-0.25, -0.2) is 4.79 Å². The van der Waals surface area contributed by atoms with Crippen LogP contribution in [0.1, 0.15) is 30.2 Å². The van der Waals surface area contributed by atoms with Crippen LogP contribution < -0.4 is 10.1 Å². The third-order valence-electron chi connectivity index (χ3n) is 5.68. The van der Waals surface area contributed by atoms with Gasteiger partial charge in [0, 0.05) is 16.3 Å². The molecule has 0 saturated carbocycles. The van der Waals surface area contributed by atoms with E-state index < -0.39 is 6.04 Å². The molecular formula is C25H21ClN4O4. The molecule has 1 aliphatic rings. The highest BCUT2D eigenvalue weighted by Gasteiger charge is 2.36.